The first-order chi connectivity index (χ1) is 24.8. The molecule has 0 aliphatic heterocycles. The number of benzene rings is 1. The molecule has 0 amide bonds. The lowest BCUT2D eigenvalue weighted by molar-refractivity contribution is 0.289. The van der Waals surface area contributed by atoms with Gasteiger partial charge in [0.1, 0.15) is 11.5 Å². The van der Waals surface area contributed by atoms with Gasteiger partial charge in [0.2, 0.25) is 0 Å². The predicted molar refractivity (Wildman–Crippen MR) is 224 cm³/mol. The van der Waals surface area contributed by atoms with E-state index in [1.54, 1.807) is 0 Å². The summed E-state index contributed by atoms with van der Waals surface area (Å²) in [5.41, 5.74) is 1.31. The Bertz CT molecular complexity index is 728. The second-order valence-electron chi connectivity index (χ2n) is 15.9. The number of rotatable bonds is 41. The molecule has 294 valence electrons. The van der Waals surface area contributed by atoms with E-state index in [1.807, 2.05) is 0 Å². The highest BCUT2D eigenvalue weighted by molar-refractivity contribution is 5.38. The minimum atomic E-state index is 0.824. The Labute approximate surface area is 315 Å². The molecule has 2 nitrogen and oxygen atoms in total. The molecule has 0 spiro atoms. The van der Waals surface area contributed by atoms with Gasteiger partial charge in [-0.05, 0) is 37.0 Å². The third kappa shape index (κ3) is 32.7. The van der Waals surface area contributed by atoms with E-state index in [9.17, 15) is 0 Å². The van der Waals surface area contributed by atoms with Gasteiger partial charge in [-0.1, -0.05) is 239 Å². The molecule has 50 heavy (non-hydrogen) atoms. The monoisotopic (exact) mass is 699 g/mol. The Morgan fingerprint density at radius 3 is 0.720 bits per heavy atom. The molecule has 1 aromatic carbocycles. The zero-order valence-corrected chi connectivity index (χ0v) is 34.6. The van der Waals surface area contributed by atoms with E-state index in [2.05, 4.69) is 39.0 Å². The summed E-state index contributed by atoms with van der Waals surface area (Å²) in [7, 11) is 0. The van der Waals surface area contributed by atoms with Gasteiger partial charge in [0.25, 0.3) is 0 Å². The second kappa shape index (κ2) is 39.0. The van der Waals surface area contributed by atoms with Crippen LogP contribution in [0.25, 0.3) is 0 Å². The second-order valence-corrected chi connectivity index (χ2v) is 15.9. The molecular weight excluding hydrogens is 609 g/mol. The summed E-state index contributed by atoms with van der Waals surface area (Å²) < 4.78 is 12.4. The molecule has 2 heteroatoms. The van der Waals surface area contributed by atoms with E-state index in [-0.39, 0.29) is 0 Å². The van der Waals surface area contributed by atoms with E-state index >= 15 is 0 Å². The lowest BCUT2D eigenvalue weighted by Gasteiger charge is -2.12. The molecular formula is C48H90O2. The fraction of sp³-hybridized carbons (Fsp3) is 0.875. The highest BCUT2D eigenvalue weighted by atomic mass is 16.5. The molecule has 0 aliphatic rings. The lowest BCUT2D eigenvalue weighted by atomic mass is 10.0. The van der Waals surface area contributed by atoms with Crippen molar-refractivity contribution >= 4 is 0 Å². The maximum absolute atomic E-state index is 6.18. The van der Waals surface area contributed by atoms with Crippen molar-refractivity contribution in [2.24, 2.45) is 0 Å². The predicted octanol–water partition coefficient (Wildman–Crippen LogP) is 17.1. The van der Waals surface area contributed by atoms with Crippen molar-refractivity contribution in [2.75, 3.05) is 13.2 Å². The van der Waals surface area contributed by atoms with Crippen LogP contribution in [0.4, 0.5) is 0 Å². The van der Waals surface area contributed by atoms with Crippen LogP contribution in [0.1, 0.15) is 257 Å². The number of ether oxygens (including phenoxy) is 2. The van der Waals surface area contributed by atoms with Crippen LogP contribution in [0.3, 0.4) is 0 Å². The van der Waals surface area contributed by atoms with Crippen LogP contribution in [-0.4, -0.2) is 13.2 Å². The maximum Gasteiger partial charge on any atom is 0.123 e. The number of unbranched alkanes of at least 4 members (excludes halogenated alkanes) is 34. The fourth-order valence-corrected chi connectivity index (χ4v) is 7.39. The molecule has 0 radical (unpaired) electrons. The van der Waals surface area contributed by atoms with Crippen molar-refractivity contribution in [1.29, 1.82) is 0 Å². The largest absolute Gasteiger partial charge is 0.493 e. The van der Waals surface area contributed by atoms with Gasteiger partial charge >= 0.3 is 0 Å². The number of hydrogen-bond donors (Lipinski definition) is 0. The minimum absolute atomic E-state index is 0.824. The third-order valence-corrected chi connectivity index (χ3v) is 10.9. The summed E-state index contributed by atoms with van der Waals surface area (Å²) >= 11 is 0. The molecule has 0 atom stereocenters. The summed E-state index contributed by atoms with van der Waals surface area (Å²) in [6, 6.07) is 6.53. The maximum atomic E-state index is 6.18. The van der Waals surface area contributed by atoms with E-state index < -0.39 is 0 Å². The Balaban J connectivity index is 1.91. The Morgan fingerprint density at radius 2 is 0.500 bits per heavy atom. The fourth-order valence-electron chi connectivity index (χ4n) is 7.39. The standard InChI is InChI=1S/C48H90O2/c1-4-7-9-11-13-15-17-19-21-23-25-27-29-31-33-35-37-39-41-49-47-43-46(6-3)44-48(45-47)50-42-40-38-36-34-32-30-28-26-24-22-20-18-16-14-12-10-8-5-2/h43-45H,4-42H2,1-3H3. The normalized spacial score (nSPS) is 11.4. The molecule has 0 saturated carbocycles. The van der Waals surface area contributed by atoms with Crippen LogP contribution in [-0.2, 0) is 6.42 Å². The van der Waals surface area contributed by atoms with Gasteiger partial charge in [0, 0.05) is 6.07 Å². The molecule has 0 saturated heterocycles. The van der Waals surface area contributed by atoms with Gasteiger partial charge in [-0.15, -0.1) is 0 Å². The zero-order chi connectivity index (χ0) is 35.8. The van der Waals surface area contributed by atoms with Gasteiger partial charge in [-0.3, -0.25) is 0 Å². The van der Waals surface area contributed by atoms with Gasteiger partial charge < -0.3 is 9.47 Å². The number of aryl methyl sites for hydroxylation is 1. The van der Waals surface area contributed by atoms with Crippen molar-refractivity contribution in [3.05, 3.63) is 23.8 Å². The topological polar surface area (TPSA) is 18.5 Å². The van der Waals surface area contributed by atoms with Crippen LogP contribution in [0.2, 0.25) is 0 Å². The van der Waals surface area contributed by atoms with E-state index in [0.29, 0.717) is 0 Å². The van der Waals surface area contributed by atoms with Crippen molar-refractivity contribution < 1.29 is 9.47 Å². The molecule has 0 fully saturated rings. The highest BCUT2D eigenvalue weighted by Crippen LogP contribution is 2.25. The van der Waals surface area contributed by atoms with Crippen LogP contribution >= 0.6 is 0 Å². The van der Waals surface area contributed by atoms with Gasteiger partial charge in [0.15, 0.2) is 0 Å². The molecule has 0 heterocycles. The molecule has 0 N–H and O–H groups in total. The quantitative estimate of drug-likeness (QED) is 0.0634. The smallest absolute Gasteiger partial charge is 0.123 e. The Morgan fingerprint density at radius 1 is 0.280 bits per heavy atom. The van der Waals surface area contributed by atoms with Crippen molar-refractivity contribution in [1.82, 2.24) is 0 Å². The first-order valence-electron chi connectivity index (χ1n) is 23.2. The van der Waals surface area contributed by atoms with Crippen LogP contribution in [0.5, 0.6) is 11.5 Å². The number of hydrogen-bond acceptors (Lipinski definition) is 2. The zero-order valence-electron chi connectivity index (χ0n) is 34.6. The lowest BCUT2D eigenvalue weighted by Crippen LogP contribution is -2.01. The van der Waals surface area contributed by atoms with Gasteiger partial charge in [-0.2, -0.15) is 0 Å². The summed E-state index contributed by atoms with van der Waals surface area (Å²) in [6.45, 7) is 8.47. The molecule has 1 rings (SSSR count). The first-order valence-corrected chi connectivity index (χ1v) is 23.2. The van der Waals surface area contributed by atoms with E-state index in [1.165, 1.54) is 224 Å². The molecule has 1 aromatic rings. The summed E-state index contributed by atoms with van der Waals surface area (Å²) in [5.74, 6) is 1.98. The Kier molecular flexibility index (Phi) is 36.6. The van der Waals surface area contributed by atoms with Crippen molar-refractivity contribution in [3.63, 3.8) is 0 Å². The van der Waals surface area contributed by atoms with Gasteiger partial charge in [0.05, 0.1) is 13.2 Å². The summed E-state index contributed by atoms with van der Waals surface area (Å²) in [6.07, 6.45) is 51.8. The minimum Gasteiger partial charge on any atom is -0.493 e. The average molecular weight is 699 g/mol. The summed E-state index contributed by atoms with van der Waals surface area (Å²) in [5, 5.41) is 0. The first kappa shape index (κ1) is 46.8. The SMILES string of the molecule is CCCCCCCCCCCCCCCCCCCCOc1cc(CC)cc(OCCCCCCCCCCCCCCCCCCCC)c1. The Hall–Kier alpha value is -1.18. The van der Waals surface area contributed by atoms with Crippen molar-refractivity contribution in [3.8, 4) is 11.5 Å². The molecule has 0 unspecified atom stereocenters. The summed E-state index contributed by atoms with van der Waals surface area (Å²) in [4.78, 5) is 0. The van der Waals surface area contributed by atoms with Crippen molar-refractivity contribution in [2.45, 2.75) is 258 Å². The van der Waals surface area contributed by atoms with Crippen LogP contribution in [0.15, 0.2) is 18.2 Å². The van der Waals surface area contributed by atoms with E-state index in [4.69, 9.17) is 9.47 Å². The van der Waals surface area contributed by atoms with Crippen LogP contribution < -0.4 is 9.47 Å². The van der Waals surface area contributed by atoms with Crippen LogP contribution in [0, 0.1) is 0 Å². The third-order valence-electron chi connectivity index (χ3n) is 10.9. The van der Waals surface area contributed by atoms with E-state index in [0.717, 1.165) is 44.0 Å². The van der Waals surface area contributed by atoms with Gasteiger partial charge in [-0.25, -0.2) is 0 Å². The molecule has 0 aliphatic carbocycles. The highest BCUT2D eigenvalue weighted by Gasteiger charge is 2.04. The average Bonchev–Trinajstić information content (AvgIpc) is 3.13. The molecule has 0 aromatic heterocycles. The molecule has 0 bridgehead atoms.